The normalized spacial score (nSPS) is 21.8. The van der Waals surface area contributed by atoms with Crippen LogP contribution in [-0.4, -0.2) is 35.2 Å². The summed E-state index contributed by atoms with van der Waals surface area (Å²) in [6.45, 7) is 10.9. The molecule has 1 N–H and O–H groups in total. The van der Waals surface area contributed by atoms with Crippen molar-refractivity contribution in [2.75, 3.05) is 7.11 Å². The average molecular weight is 287 g/mol. The molecule has 3 atom stereocenters. The van der Waals surface area contributed by atoms with E-state index >= 15 is 0 Å². The first-order valence-corrected chi connectivity index (χ1v) is 8.24. The molecule has 1 fully saturated rings. The number of methoxy groups -OCH3 is 1. The third-order valence-electron chi connectivity index (χ3n) is 3.82. The van der Waals surface area contributed by atoms with Gasteiger partial charge in [-0.3, -0.25) is 10.1 Å². The SMILES string of the molecule is COC(=O)C(C)(CC(C)SC(C)C(C)C)NC1CC1. The molecule has 0 aromatic rings. The molecule has 0 aliphatic heterocycles. The van der Waals surface area contributed by atoms with Crippen LogP contribution >= 0.6 is 11.8 Å². The molecule has 0 radical (unpaired) electrons. The molecule has 0 aromatic carbocycles. The second-order valence-electron chi connectivity index (χ2n) is 6.34. The first-order chi connectivity index (χ1) is 8.78. The van der Waals surface area contributed by atoms with Crippen molar-refractivity contribution in [3.8, 4) is 0 Å². The summed E-state index contributed by atoms with van der Waals surface area (Å²) < 4.78 is 4.99. The van der Waals surface area contributed by atoms with Gasteiger partial charge in [0.05, 0.1) is 7.11 Å². The maximum absolute atomic E-state index is 12.1. The maximum Gasteiger partial charge on any atom is 0.325 e. The number of hydrogen-bond acceptors (Lipinski definition) is 4. The minimum absolute atomic E-state index is 0.135. The van der Waals surface area contributed by atoms with Crippen LogP contribution in [-0.2, 0) is 9.53 Å². The van der Waals surface area contributed by atoms with Gasteiger partial charge in [-0.15, -0.1) is 0 Å². The average Bonchev–Trinajstić information content (AvgIpc) is 3.10. The third kappa shape index (κ3) is 5.35. The summed E-state index contributed by atoms with van der Waals surface area (Å²) in [5.74, 6) is 0.525. The second-order valence-corrected chi connectivity index (χ2v) is 8.16. The Hall–Kier alpha value is -0.220. The zero-order valence-electron chi connectivity index (χ0n) is 13.2. The van der Waals surface area contributed by atoms with E-state index in [0.29, 0.717) is 22.5 Å². The highest BCUT2D eigenvalue weighted by atomic mass is 32.2. The van der Waals surface area contributed by atoms with Crippen molar-refractivity contribution < 1.29 is 9.53 Å². The molecule has 3 nitrogen and oxygen atoms in total. The van der Waals surface area contributed by atoms with Crippen LogP contribution in [0.25, 0.3) is 0 Å². The second kappa shape index (κ2) is 6.98. The fourth-order valence-corrected chi connectivity index (χ4v) is 3.73. The molecule has 19 heavy (non-hydrogen) atoms. The summed E-state index contributed by atoms with van der Waals surface area (Å²) in [6.07, 6.45) is 3.17. The van der Waals surface area contributed by atoms with Gasteiger partial charge in [0.25, 0.3) is 0 Å². The van der Waals surface area contributed by atoms with Crippen LogP contribution in [0, 0.1) is 5.92 Å². The minimum Gasteiger partial charge on any atom is -0.468 e. The lowest BCUT2D eigenvalue weighted by Gasteiger charge is -2.32. The van der Waals surface area contributed by atoms with E-state index in [9.17, 15) is 4.79 Å². The van der Waals surface area contributed by atoms with E-state index in [1.807, 2.05) is 18.7 Å². The quantitative estimate of drug-likeness (QED) is 0.696. The lowest BCUT2D eigenvalue weighted by molar-refractivity contribution is -0.148. The number of esters is 1. The van der Waals surface area contributed by atoms with Gasteiger partial charge in [0.2, 0.25) is 0 Å². The molecule has 1 aliphatic rings. The smallest absolute Gasteiger partial charge is 0.325 e. The summed E-state index contributed by atoms with van der Waals surface area (Å²) in [7, 11) is 1.48. The van der Waals surface area contributed by atoms with Crippen molar-refractivity contribution in [3.63, 3.8) is 0 Å². The number of rotatable bonds is 8. The molecule has 0 aromatic heterocycles. The Kier molecular flexibility index (Phi) is 6.18. The Morgan fingerprint density at radius 2 is 1.95 bits per heavy atom. The molecule has 0 bridgehead atoms. The van der Waals surface area contributed by atoms with Gasteiger partial charge in [-0.05, 0) is 32.1 Å². The molecule has 0 amide bonds. The van der Waals surface area contributed by atoms with Crippen LogP contribution in [0.15, 0.2) is 0 Å². The van der Waals surface area contributed by atoms with E-state index in [1.165, 1.54) is 20.0 Å². The summed E-state index contributed by atoms with van der Waals surface area (Å²) in [5.41, 5.74) is -0.543. The van der Waals surface area contributed by atoms with Gasteiger partial charge in [-0.1, -0.05) is 27.7 Å². The van der Waals surface area contributed by atoms with E-state index < -0.39 is 5.54 Å². The van der Waals surface area contributed by atoms with Crippen LogP contribution in [0.3, 0.4) is 0 Å². The van der Waals surface area contributed by atoms with Crippen molar-refractivity contribution in [1.29, 1.82) is 0 Å². The van der Waals surface area contributed by atoms with Crippen molar-refractivity contribution in [2.45, 2.75) is 76.0 Å². The Morgan fingerprint density at radius 1 is 1.37 bits per heavy atom. The number of ether oxygens (including phenoxy) is 1. The van der Waals surface area contributed by atoms with Crippen molar-refractivity contribution in [3.05, 3.63) is 0 Å². The Bertz CT molecular complexity index is 305. The molecule has 0 heterocycles. The monoisotopic (exact) mass is 287 g/mol. The van der Waals surface area contributed by atoms with Gasteiger partial charge in [-0.2, -0.15) is 11.8 Å². The van der Waals surface area contributed by atoms with Crippen LogP contribution in [0.1, 0.15) is 53.9 Å². The van der Waals surface area contributed by atoms with E-state index in [1.54, 1.807) is 0 Å². The summed E-state index contributed by atoms with van der Waals surface area (Å²) in [6, 6.07) is 0.504. The molecule has 1 rings (SSSR count). The van der Waals surface area contributed by atoms with Gasteiger partial charge in [0, 0.05) is 16.5 Å². The predicted molar refractivity (Wildman–Crippen MR) is 82.5 cm³/mol. The molecule has 4 heteroatoms. The fourth-order valence-electron chi connectivity index (χ4n) is 2.25. The lowest BCUT2D eigenvalue weighted by Crippen LogP contribution is -2.52. The largest absolute Gasteiger partial charge is 0.468 e. The van der Waals surface area contributed by atoms with Crippen LogP contribution in [0.2, 0.25) is 0 Å². The standard InChI is InChI=1S/C15H29NO2S/c1-10(2)12(4)19-11(3)9-15(5,14(17)18-6)16-13-7-8-13/h10-13,16H,7-9H2,1-6H3. The van der Waals surface area contributed by atoms with Gasteiger partial charge in [0.15, 0.2) is 0 Å². The van der Waals surface area contributed by atoms with Crippen molar-refractivity contribution in [1.82, 2.24) is 5.32 Å². The Balaban J connectivity index is 2.58. The van der Waals surface area contributed by atoms with E-state index in [2.05, 4.69) is 33.0 Å². The van der Waals surface area contributed by atoms with Gasteiger partial charge >= 0.3 is 5.97 Å². The Morgan fingerprint density at radius 3 is 2.37 bits per heavy atom. The van der Waals surface area contributed by atoms with Gasteiger partial charge in [-0.25, -0.2) is 0 Å². The third-order valence-corrected chi connectivity index (χ3v) is 5.42. The number of carbonyl (C=O) groups excluding carboxylic acids is 1. The molecular formula is C15H29NO2S. The fraction of sp³-hybridized carbons (Fsp3) is 0.933. The molecule has 1 aliphatic carbocycles. The molecule has 3 unspecified atom stereocenters. The van der Waals surface area contributed by atoms with Gasteiger partial charge < -0.3 is 4.74 Å². The van der Waals surface area contributed by atoms with Crippen molar-refractivity contribution in [2.24, 2.45) is 5.92 Å². The highest BCUT2D eigenvalue weighted by Gasteiger charge is 2.40. The first kappa shape index (κ1) is 16.8. The zero-order chi connectivity index (χ0) is 14.6. The summed E-state index contributed by atoms with van der Waals surface area (Å²) in [5, 5.41) is 4.51. The van der Waals surface area contributed by atoms with Crippen LogP contribution in [0.4, 0.5) is 0 Å². The molecule has 1 saturated carbocycles. The summed E-state index contributed by atoms with van der Waals surface area (Å²) in [4.78, 5) is 12.1. The van der Waals surface area contributed by atoms with Crippen LogP contribution < -0.4 is 5.32 Å². The maximum atomic E-state index is 12.1. The van der Waals surface area contributed by atoms with Crippen molar-refractivity contribution >= 4 is 17.7 Å². The highest BCUT2D eigenvalue weighted by Crippen LogP contribution is 2.31. The zero-order valence-corrected chi connectivity index (χ0v) is 14.0. The number of nitrogens with one attached hydrogen (secondary N) is 1. The van der Waals surface area contributed by atoms with E-state index in [-0.39, 0.29) is 5.97 Å². The molecule has 0 spiro atoms. The number of thioether (sulfide) groups is 1. The minimum atomic E-state index is -0.543. The van der Waals surface area contributed by atoms with Crippen LogP contribution in [0.5, 0.6) is 0 Å². The molecule has 112 valence electrons. The highest BCUT2D eigenvalue weighted by molar-refractivity contribution is 8.00. The molecule has 0 saturated heterocycles. The van der Waals surface area contributed by atoms with Gasteiger partial charge in [0.1, 0.15) is 5.54 Å². The lowest BCUT2D eigenvalue weighted by atomic mass is 9.96. The molecular weight excluding hydrogens is 258 g/mol. The Labute approximate surface area is 122 Å². The number of hydrogen-bond donors (Lipinski definition) is 1. The summed E-state index contributed by atoms with van der Waals surface area (Å²) >= 11 is 1.96. The first-order valence-electron chi connectivity index (χ1n) is 7.30. The number of carbonyl (C=O) groups is 1. The van der Waals surface area contributed by atoms with E-state index in [0.717, 1.165) is 6.42 Å². The predicted octanol–water partition coefficient (Wildman–Crippen LogP) is 3.23. The van der Waals surface area contributed by atoms with E-state index in [4.69, 9.17) is 4.74 Å². The topological polar surface area (TPSA) is 38.3 Å².